The Morgan fingerprint density at radius 2 is 0.833 bits per heavy atom. The molecule has 0 aromatic heterocycles. The third-order valence-corrected chi connectivity index (χ3v) is 4.44. The van der Waals surface area contributed by atoms with Crippen molar-refractivity contribution in [3.8, 4) is 17.2 Å². The number of hydrogen-bond acceptors (Lipinski definition) is 6. The first-order chi connectivity index (χ1) is 14.6. The maximum absolute atomic E-state index is 9.40. The lowest BCUT2D eigenvalue weighted by atomic mass is 10.2. The molecular formula is C24H26O6. The quantitative estimate of drug-likeness (QED) is 0.441. The molecule has 0 amide bonds. The molecule has 158 valence electrons. The lowest BCUT2D eigenvalue weighted by molar-refractivity contribution is -0.0729. The van der Waals surface area contributed by atoms with E-state index < -0.39 is 0 Å². The van der Waals surface area contributed by atoms with Crippen LogP contribution in [-0.4, -0.2) is 34.6 Å². The number of rotatable bonds is 11. The highest BCUT2D eigenvalue weighted by Gasteiger charge is 2.11. The van der Waals surface area contributed by atoms with Gasteiger partial charge in [0.15, 0.2) is 0 Å². The minimum Gasteiger partial charge on any atom is -0.508 e. The predicted molar refractivity (Wildman–Crippen MR) is 112 cm³/mol. The molecule has 3 aromatic rings. The van der Waals surface area contributed by atoms with Gasteiger partial charge in [0, 0.05) is 0 Å². The van der Waals surface area contributed by atoms with Crippen molar-refractivity contribution in [2.24, 2.45) is 0 Å². The van der Waals surface area contributed by atoms with Crippen molar-refractivity contribution in [3.63, 3.8) is 0 Å². The number of ether oxygens (including phenoxy) is 3. The van der Waals surface area contributed by atoms with Gasteiger partial charge in [0.1, 0.15) is 23.4 Å². The van der Waals surface area contributed by atoms with E-state index in [-0.39, 0.29) is 23.4 Å². The first kappa shape index (κ1) is 21.6. The van der Waals surface area contributed by atoms with E-state index in [1.54, 1.807) is 48.5 Å². The Hall–Kier alpha value is -3.06. The molecule has 0 radical (unpaired) electrons. The van der Waals surface area contributed by atoms with Crippen LogP contribution in [0.1, 0.15) is 16.7 Å². The molecule has 6 heteroatoms. The molecular weight excluding hydrogens is 384 g/mol. The molecule has 0 saturated carbocycles. The van der Waals surface area contributed by atoms with Gasteiger partial charge in [-0.05, 0) is 53.1 Å². The average Bonchev–Trinajstić information content (AvgIpc) is 2.75. The van der Waals surface area contributed by atoms with E-state index in [9.17, 15) is 15.3 Å². The number of benzene rings is 3. The summed E-state index contributed by atoms with van der Waals surface area (Å²) in [6.45, 7) is 1.85. The van der Waals surface area contributed by atoms with Crippen LogP contribution < -0.4 is 0 Å². The van der Waals surface area contributed by atoms with Crippen molar-refractivity contribution in [2.45, 2.75) is 25.9 Å². The summed E-state index contributed by atoms with van der Waals surface area (Å²) in [5, 5.41) is 28.1. The third kappa shape index (κ3) is 7.40. The highest BCUT2D eigenvalue weighted by Crippen LogP contribution is 2.14. The zero-order valence-electron chi connectivity index (χ0n) is 16.6. The van der Waals surface area contributed by atoms with Crippen LogP contribution in [0.3, 0.4) is 0 Å². The number of phenols is 3. The maximum Gasteiger partial charge on any atom is 0.115 e. The molecule has 6 nitrogen and oxygen atoms in total. The van der Waals surface area contributed by atoms with Gasteiger partial charge in [-0.3, -0.25) is 0 Å². The second kappa shape index (κ2) is 11.2. The van der Waals surface area contributed by atoms with Gasteiger partial charge in [0.2, 0.25) is 0 Å². The highest BCUT2D eigenvalue weighted by molar-refractivity contribution is 5.26. The SMILES string of the molecule is Oc1ccc(COCC(COCc2ccc(O)cc2)OCc2ccc(O)cc2)cc1. The van der Waals surface area contributed by atoms with Crippen molar-refractivity contribution in [2.75, 3.05) is 13.2 Å². The summed E-state index contributed by atoms with van der Waals surface area (Å²) in [5.74, 6) is 0.651. The summed E-state index contributed by atoms with van der Waals surface area (Å²) in [5.41, 5.74) is 2.85. The average molecular weight is 410 g/mol. The van der Waals surface area contributed by atoms with Gasteiger partial charge in [-0.2, -0.15) is 0 Å². The highest BCUT2D eigenvalue weighted by atomic mass is 16.6. The molecule has 3 N–H and O–H groups in total. The predicted octanol–water partition coefficient (Wildman–Crippen LogP) is 4.12. The van der Waals surface area contributed by atoms with Gasteiger partial charge >= 0.3 is 0 Å². The lowest BCUT2D eigenvalue weighted by Crippen LogP contribution is -2.25. The normalized spacial score (nSPS) is 11.1. The standard InChI is InChI=1S/C24H26O6/c25-21-7-1-18(2-8-21)13-28-16-24(30-15-20-5-11-23(27)12-6-20)17-29-14-19-3-9-22(26)10-4-19/h1-12,24-27H,13-17H2. The largest absolute Gasteiger partial charge is 0.508 e. The summed E-state index contributed by atoms with van der Waals surface area (Å²) >= 11 is 0. The van der Waals surface area contributed by atoms with Crippen molar-refractivity contribution in [1.29, 1.82) is 0 Å². The van der Waals surface area contributed by atoms with Gasteiger partial charge in [0.05, 0.1) is 33.0 Å². The Kier molecular flexibility index (Phi) is 8.09. The van der Waals surface area contributed by atoms with Crippen molar-refractivity contribution >= 4 is 0 Å². The molecule has 3 aromatic carbocycles. The van der Waals surface area contributed by atoms with Crippen LogP contribution in [0.15, 0.2) is 72.8 Å². The molecule has 3 rings (SSSR count). The molecule has 30 heavy (non-hydrogen) atoms. The summed E-state index contributed by atoms with van der Waals surface area (Å²) in [4.78, 5) is 0. The van der Waals surface area contributed by atoms with Crippen LogP contribution in [0.25, 0.3) is 0 Å². The molecule has 0 bridgehead atoms. The minimum absolute atomic E-state index is 0.213. The fourth-order valence-electron chi connectivity index (χ4n) is 2.75. The molecule has 0 spiro atoms. The summed E-state index contributed by atoms with van der Waals surface area (Å²) in [7, 11) is 0. The monoisotopic (exact) mass is 410 g/mol. The zero-order valence-corrected chi connectivity index (χ0v) is 16.6. The van der Waals surface area contributed by atoms with Gasteiger partial charge < -0.3 is 29.5 Å². The van der Waals surface area contributed by atoms with Crippen LogP contribution in [0.4, 0.5) is 0 Å². The number of phenolic OH excluding ortho intramolecular Hbond substituents is 3. The zero-order chi connectivity index (χ0) is 21.2. The van der Waals surface area contributed by atoms with E-state index >= 15 is 0 Å². The Morgan fingerprint density at radius 1 is 0.500 bits per heavy atom. The molecule has 0 fully saturated rings. The van der Waals surface area contributed by atoms with Crippen LogP contribution in [0, 0.1) is 0 Å². The summed E-state index contributed by atoms with van der Waals surface area (Å²) < 4.78 is 17.5. The molecule has 0 heterocycles. The topological polar surface area (TPSA) is 88.4 Å². The number of hydrogen-bond donors (Lipinski definition) is 3. The molecule has 0 aliphatic rings. The lowest BCUT2D eigenvalue weighted by Gasteiger charge is -2.19. The van der Waals surface area contributed by atoms with Gasteiger partial charge in [-0.25, -0.2) is 0 Å². The van der Waals surface area contributed by atoms with Crippen molar-refractivity contribution in [3.05, 3.63) is 89.5 Å². The first-order valence-electron chi connectivity index (χ1n) is 9.69. The van der Waals surface area contributed by atoms with Crippen LogP contribution in [0.2, 0.25) is 0 Å². The van der Waals surface area contributed by atoms with E-state index in [0.717, 1.165) is 16.7 Å². The summed E-state index contributed by atoms with van der Waals surface area (Å²) in [6.07, 6.45) is -0.284. The Morgan fingerprint density at radius 3 is 1.20 bits per heavy atom. The Labute approximate surface area is 175 Å². The fraction of sp³-hybridized carbons (Fsp3) is 0.250. The third-order valence-electron chi connectivity index (χ3n) is 4.44. The van der Waals surface area contributed by atoms with Gasteiger partial charge in [-0.15, -0.1) is 0 Å². The van der Waals surface area contributed by atoms with Gasteiger partial charge in [0.25, 0.3) is 0 Å². The maximum atomic E-state index is 9.40. The second-order valence-corrected chi connectivity index (χ2v) is 6.96. The minimum atomic E-state index is -0.284. The second-order valence-electron chi connectivity index (χ2n) is 6.96. The van der Waals surface area contributed by atoms with E-state index in [0.29, 0.717) is 33.0 Å². The molecule has 0 atom stereocenters. The molecule has 0 saturated heterocycles. The Bertz CT molecular complexity index is 824. The van der Waals surface area contributed by atoms with Crippen LogP contribution >= 0.6 is 0 Å². The summed E-state index contributed by atoms with van der Waals surface area (Å²) in [6, 6.07) is 20.6. The smallest absolute Gasteiger partial charge is 0.115 e. The van der Waals surface area contributed by atoms with E-state index in [2.05, 4.69) is 0 Å². The van der Waals surface area contributed by atoms with Crippen molar-refractivity contribution in [1.82, 2.24) is 0 Å². The van der Waals surface area contributed by atoms with Crippen LogP contribution in [-0.2, 0) is 34.0 Å². The van der Waals surface area contributed by atoms with Crippen molar-refractivity contribution < 1.29 is 29.5 Å². The number of aromatic hydroxyl groups is 3. The molecule has 0 aliphatic heterocycles. The van der Waals surface area contributed by atoms with E-state index in [1.807, 2.05) is 24.3 Å². The first-order valence-corrected chi connectivity index (χ1v) is 9.69. The van der Waals surface area contributed by atoms with E-state index in [1.165, 1.54) is 0 Å². The molecule has 0 unspecified atom stereocenters. The molecule has 0 aliphatic carbocycles. The van der Waals surface area contributed by atoms with Crippen LogP contribution in [0.5, 0.6) is 17.2 Å². The van der Waals surface area contributed by atoms with E-state index in [4.69, 9.17) is 14.2 Å². The van der Waals surface area contributed by atoms with Gasteiger partial charge in [-0.1, -0.05) is 36.4 Å². The Balaban J connectivity index is 1.50. The fourth-order valence-corrected chi connectivity index (χ4v) is 2.75.